The van der Waals surface area contributed by atoms with Gasteiger partial charge in [-0.05, 0) is 55.4 Å². The van der Waals surface area contributed by atoms with Crippen LogP contribution in [0.15, 0.2) is 71.1 Å². The zero-order valence-electron chi connectivity index (χ0n) is 18.0. The molecule has 1 aromatic heterocycles. The topological polar surface area (TPSA) is 79.6 Å². The molecule has 6 nitrogen and oxygen atoms in total. The number of nitrogens with zero attached hydrogens (tertiary/aromatic N) is 1. The molecule has 0 atom stereocenters. The van der Waals surface area contributed by atoms with E-state index >= 15 is 0 Å². The lowest BCUT2D eigenvalue weighted by molar-refractivity contribution is 0.0922. The van der Waals surface area contributed by atoms with Crippen LogP contribution in [0.25, 0.3) is 0 Å². The van der Waals surface area contributed by atoms with Crippen molar-refractivity contribution in [1.82, 2.24) is 10.2 Å². The van der Waals surface area contributed by atoms with Gasteiger partial charge in [0, 0.05) is 18.1 Å². The lowest BCUT2D eigenvalue weighted by Gasteiger charge is -2.16. The van der Waals surface area contributed by atoms with Crippen LogP contribution in [0.5, 0.6) is 0 Å². The van der Waals surface area contributed by atoms with E-state index in [1.54, 1.807) is 24.3 Å². The van der Waals surface area contributed by atoms with E-state index in [1.165, 1.54) is 17.7 Å². The van der Waals surface area contributed by atoms with E-state index < -0.39 is 9.84 Å². The Morgan fingerprint density at radius 1 is 1.00 bits per heavy atom. The highest BCUT2D eigenvalue weighted by atomic mass is 35.5. The fourth-order valence-corrected chi connectivity index (χ4v) is 4.93. The summed E-state index contributed by atoms with van der Waals surface area (Å²) in [5.41, 5.74) is 1.85. The van der Waals surface area contributed by atoms with Gasteiger partial charge in [0.05, 0.1) is 5.75 Å². The van der Waals surface area contributed by atoms with Gasteiger partial charge in [-0.1, -0.05) is 54.1 Å². The van der Waals surface area contributed by atoms with Gasteiger partial charge in [0.25, 0.3) is 5.91 Å². The zero-order chi connectivity index (χ0) is 23.0. The van der Waals surface area contributed by atoms with Crippen LogP contribution in [0.1, 0.15) is 33.9 Å². The third kappa shape index (κ3) is 7.82. The predicted octanol–water partition coefficient (Wildman–Crippen LogP) is 4.30. The molecule has 0 spiro atoms. The van der Waals surface area contributed by atoms with Crippen LogP contribution in [0, 0.1) is 0 Å². The van der Waals surface area contributed by atoms with Crippen molar-refractivity contribution in [3.63, 3.8) is 0 Å². The molecule has 0 bridgehead atoms. The van der Waals surface area contributed by atoms with Crippen LogP contribution < -0.4 is 5.32 Å². The van der Waals surface area contributed by atoms with Crippen molar-refractivity contribution in [2.45, 2.75) is 24.5 Å². The van der Waals surface area contributed by atoms with Gasteiger partial charge in [-0.15, -0.1) is 0 Å². The number of benzene rings is 2. The summed E-state index contributed by atoms with van der Waals surface area (Å²) in [7, 11) is -1.42. The lowest BCUT2D eigenvalue weighted by atomic mass is 10.2. The third-order valence-electron chi connectivity index (χ3n) is 4.82. The van der Waals surface area contributed by atoms with Crippen LogP contribution >= 0.6 is 11.6 Å². The molecule has 0 radical (unpaired) electrons. The van der Waals surface area contributed by atoms with Gasteiger partial charge in [0.15, 0.2) is 15.6 Å². The Balaban J connectivity index is 1.43. The molecule has 32 heavy (non-hydrogen) atoms. The molecule has 3 rings (SSSR count). The number of carbonyl (C=O) groups is 1. The Morgan fingerprint density at radius 3 is 2.50 bits per heavy atom. The Morgan fingerprint density at radius 2 is 1.75 bits per heavy atom. The van der Waals surface area contributed by atoms with Crippen LogP contribution in [0.4, 0.5) is 0 Å². The number of rotatable bonds is 11. The van der Waals surface area contributed by atoms with E-state index in [-0.39, 0.29) is 28.9 Å². The standard InChI is InChI=1S/C24H27ClN2O4S/c1-27(16-19-7-3-2-4-8-19)14-6-13-26-24(28)23-12-11-22(31-23)18-32(29,30)17-20-9-5-10-21(25)15-20/h2-5,7-12,15H,6,13-14,16-18H2,1H3,(H,26,28). The van der Waals surface area contributed by atoms with E-state index in [4.69, 9.17) is 16.0 Å². The molecule has 0 saturated heterocycles. The Labute approximate surface area is 194 Å². The van der Waals surface area contributed by atoms with Crippen LogP contribution in [-0.2, 0) is 27.9 Å². The van der Waals surface area contributed by atoms with Gasteiger partial charge >= 0.3 is 0 Å². The van der Waals surface area contributed by atoms with Gasteiger partial charge in [0.1, 0.15) is 11.5 Å². The maximum atomic E-state index is 12.5. The molecule has 1 N–H and O–H groups in total. The van der Waals surface area contributed by atoms with Crippen molar-refractivity contribution in [3.05, 3.63) is 94.4 Å². The fraction of sp³-hybridized carbons (Fsp3) is 0.292. The van der Waals surface area contributed by atoms with Crippen molar-refractivity contribution in [2.24, 2.45) is 0 Å². The Hall–Kier alpha value is -2.61. The molecule has 1 amide bonds. The molecular weight excluding hydrogens is 448 g/mol. The smallest absolute Gasteiger partial charge is 0.286 e. The number of hydrogen-bond acceptors (Lipinski definition) is 5. The fourth-order valence-electron chi connectivity index (χ4n) is 3.34. The monoisotopic (exact) mass is 474 g/mol. The van der Waals surface area contributed by atoms with Gasteiger partial charge in [0.2, 0.25) is 0 Å². The number of sulfone groups is 1. The van der Waals surface area contributed by atoms with Gasteiger partial charge < -0.3 is 14.6 Å². The van der Waals surface area contributed by atoms with Crippen molar-refractivity contribution in [3.8, 4) is 0 Å². The minimum Gasteiger partial charge on any atom is -0.455 e. The van der Waals surface area contributed by atoms with Crippen LogP contribution in [0.2, 0.25) is 5.02 Å². The summed E-state index contributed by atoms with van der Waals surface area (Å²) in [5, 5.41) is 3.30. The number of halogens is 1. The second kappa shape index (κ2) is 11.3. The number of hydrogen-bond donors (Lipinski definition) is 1. The highest BCUT2D eigenvalue weighted by Gasteiger charge is 2.18. The van der Waals surface area contributed by atoms with Crippen LogP contribution in [0.3, 0.4) is 0 Å². The molecular formula is C24H27ClN2O4S. The minimum absolute atomic E-state index is 0.107. The van der Waals surface area contributed by atoms with Crippen LogP contribution in [-0.4, -0.2) is 39.4 Å². The Bertz CT molecular complexity index is 1130. The lowest BCUT2D eigenvalue weighted by Crippen LogP contribution is -2.27. The molecule has 170 valence electrons. The first-order valence-electron chi connectivity index (χ1n) is 10.3. The number of carbonyl (C=O) groups excluding carboxylic acids is 1. The van der Waals surface area contributed by atoms with Crippen molar-refractivity contribution >= 4 is 27.3 Å². The quantitative estimate of drug-likeness (QED) is 0.419. The zero-order valence-corrected chi connectivity index (χ0v) is 19.5. The van der Waals surface area contributed by atoms with Gasteiger partial charge in [-0.2, -0.15) is 0 Å². The largest absolute Gasteiger partial charge is 0.455 e. The predicted molar refractivity (Wildman–Crippen MR) is 126 cm³/mol. The summed E-state index contributed by atoms with van der Waals surface area (Å²) in [6.45, 7) is 2.18. The van der Waals surface area contributed by atoms with Crippen molar-refractivity contribution in [1.29, 1.82) is 0 Å². The van der Waals surface area contributed by atoms with Crippen molar-refractivity contribution < 1.29 is 17.6 Å². The number of nitrogens with one attached hydrogen (secondary N) is 1. The summed E-state index contributed by atoms with van der Waals surface area (Å²) in [5.74, 6) is -0.437. The normalized spacial score (nSPS) is 11.6. The molecule has 0 fully saturated rings. The molecule has 0 saturated carbocycles. The second-order valence-electron chi connectivity index (χ2n) is 7.76. The Kier molecular flexibility index (Phi) is 8.50. The maximum absolute atomic E-state index is 12.5. The van der Waals surface area contributed by atoms with Gasteiger partial charge in [-0.3, -0.25) is 4.79 Å². The van der Waals surface area contributed by atoms with E-state index in [1.807, 2.05) is 25.2 Å². The highest BCUT2D eigenvalue weighted by molar-refractivity contribution is 7.89. The SMILES string of the molecule is CN(CCCNC(=O)c1ccc(CS(=O)(=O)Cc2cccc(Cl)c2)o1)Cc1ccccc1. The average Bonchev–Trinajstić information content (AvgIpc) is 3.19. The third-order valence-corrected chi connectivity index (χ3v) is 6.55. The highest BCUT2D eigenvalue weighted by Crippen LogP contribution is 2.17. The molecule has 0 aliphatic heterocycles. The first-order valence-corrected chi connectivity index (χ1v) is 12.5. The summed E-state index contributed by atoms with van der Waals surface area (Å²) >= 11 is 5.92. The number of furan rings is 1. The van der Waals surface area contributed by atoms with E-state index in [0.717, 1.165) is 19.5 Å². The molecule has 3 aromatic rings. The summed E-state index contributed by atoms with van der Waals surface area (Å²) in [6.07, 6.45) is 0.788. The average molecular weight is 475 g/mol. The first-order chi connectivity index (χ1) is 15.3. The van der Waals surface area contributed by atoms with E-state index in [0.29, 0.717) is 17.1 Å². The van der Waals surface area contributed by atoms with Crippen molar-refractivity contribution in [2.75, 3.05) is 20.1 Å². The number of amides is 1. The molecule has 0 aliphatic rings. The minimum atomic E-state index is -3.46. The first kappa shape index (κ1) is 24.0. The summed E-state index contributed by atoms with van der Waals surface area (Å²) in [6, 6.07) is 20.0. The summed E-state index contributed by atoms with van der Waals surface area (Å²) < 4.78 is 30.4. The summed E-state index contributed by atoms with van der Waals surface area (Å²) in [4.78, 5) is 14.5. The van der Waals surface area contributed by atoms with E-state index in [2.05, 4.69) is 22.3 Å². The second-order valence-corrected chi connectivity index (χ2v) is 10.3. The molecule has 8 heteroatoms. The molecule has 2 aromatic carbocycles. The van der Waals surface area contributed by atoms with Gasteiger partial charge in [-0.25, -0.2) is 8.42 Å². The molecule has 0 aliphatic carbocycles. The molecule has 0 unspecified atom stereocenters. The molecule has 1 heterocycles. The van der Waals surface area contributed by atoms with E-state index in [9.17, 15) is 13.2 Å². The maximum Gasteiger partial charge on any atom is 0.286 e.